The van der Waals surface area contributed by atoms with Crippen molar-refractivity contribution in [1.29, 1.82) is 0 Å². The van der Waals surface area contributed by atoms with Crippen molar-refractivity contribution in [3.05, 3.63) is 65.9 Å². The van der Waals surface area contributed by atoms with Crippen molar-refractivity contribution in [3.8, 4) is 28.3 Å². The highest BCUT2D eigenvalue weighted by molar-refractivity contribution is 5.69. The molecule has 0 amide bonds. The first-order valence-corrected chi connectivity index (χ1v) is 9.51. The Kier molecular flexibility index (Phi) is 4.42. The Balaban J connectivity index is 1.80. The van der Waals surface area contributed by atoms with Crippen LogP contribution in [0.2, 0.25) is 0 Å². The summed E-state index contributed by atoms with van der Waals surface area (Å²) < 4.78 is 49.8. The molecular weight excluding hydrogens is 409 g/mol. The Labute approximate surface area is 174 Å². The number of aromatic nitrogens is 5. The van der Waals surface area contributed by atoms with Crippen LogP contribution in [0, 0.1) is 5.82 Å². The maximum absolute atomic E-state index is 14.1. The van der Waals surface area contributed by atoms with Crippen LogP contribution in [-0.2, 0) is 6.54 Å². The summed E-state index contributed by atoms with van der Waals surface area (Å²) in [4.78, 5) is 4.12. The molecule has 31 heavy (non-hydrogen) atoms. The van der Waals surface area contributed by atoms with E-state index in [1.54, 1.807) is 36.0 Å². The fraction of sp³-hybridized carbons (Fsp3) is 0.190. The zero-order valence-electron chi connectivity index (χ0n) is 16.3. The van der Waals surface area contributed by atoms with Gasteiger partial charge in [0.2, 0.25) is 0 Å². The van der Waals surface area contributed by atoms with Crippen molar-refractivity contribution in [3.63, 3.8) is 0 Å². The number of pyridine rings is 1. The summed E-state index contributed by atoms with van der Waals surface area (Å²) in [6.45, 7) is -0.916. The number of hydrogen-bond donors (Lipinski definition) is 1. The molecule has 3 aromatic heterocycles. The molecule has 158 valence electrons. The van der Waals surface area contributed by atoms with Gasteiger partial charge >= 0.3 is 6.55 Å². The number of nitrogens with zero attached hydrogens (tertiary/aromatic N) is 5. The van der Waals surface area contributed by atoms with Gasteiger partial charge in [-0.2, -0.15) is 19.0 Å². The first-order chi connectivity index (χ1) is 14.9. The monoisotopic (exact) mass is 426 g/mol. The zero-order chi connectivity index (χ0) is 21.7. The van der Waals surface area contributed by atoms with Gasteiger partial charge in [-0.3, -0.25) is 4.68 Å². The lowest BCUT2D eigenvalue weighted by Crippen LogP contribution is -2.12. The zero-order valence-corrected chi connectivity index (χ0v) is 16.3. The second-order valence-electron chi connectivity index (χ2n) is 7.21. The predicted molar refractivity (Wildman–Crippen MR) is 107 cm³/mol. The third kappa shape index (κ3) is 3.20. The standard InChI is InChI=1S/C21H17F3N6O/c1-11-16-7-14(22)2-3-15(16)17-4-5-27-29(17)10-13-9-28-30(21(23)24)19(13)12-6-18(31-11)20(25)26-8-12/h2-9,11,21H,10H2,1H3,(H2,25,26)/t11-/m1/s1. The number of benzene rings is 1. The van der Waals surface area contributed by atoms with Crippen LogP contribution in [0.25, 0.3) is 22.5 Å². The SMILES string of the molecule is C[C@H]1Oc2cc(cnc2N)-c2c(cnn2C(F)F)Cn2nccc2-c2ccc(F)cc21. The van der Waals surface area contributed by atoms with E-state index in [0.29, 0.717) is 32.6 Å². The molecule has 2 bridgehead atoms. The lowest BCUT2D eigenvalue weighted by molar-refractivity contribution is 0.0584. The highest BCUT2D eigenvalue weighted by Crippen LogP contribution is 2.37. The van der Waals surface area contributed by atoms with Crippen molar-refractivity contribution < 1.29 is 17.9 Å². The molecule has 1 atom stereocenters. The van der Waals surface area contributed by atoms with Crippen molar-refractivity contribution in [2.75, 3.05) is 5.73 Å². The molecule has 4 aromatic rings. The first kappa shape index (κ1) is 19.2. The van der Waals surface area contributed by atoms with Gasteiger partial charge in [-0.25, -0.2) is 14.1 Å². The van der Waals surface area contributed by atoms with Crippen molar-refractivity contribution >= 4 is 5.82 Å². The van der Waals surface area contributed by atoms with Crippen LogP contribution in [0.4, 0.5) is 19.0 Å². The Morgan fingerprint density at radius 1 is 1.16 bits per heavy atom. The molecule has 0 spiro atoms. The fourth-order valence-electron chi connectivity index (χ4n) is 3.86. The molecule has 0 radical (unpaired) electrons. The van der Waals surface area contributed by atoms with Crippen molar-refractivity contribution in [2.24, 2.45) is 0 Å². The number of hydrogen-bond acceptors (Lipinski definition) is 5. The minimum Gasteiger partial charge on any atom is -0.482 e. The number of nitrogen functional groups attached to an aromatic ring is 1. The van der Waals surface area contributed by atoms with Gasteiger partial charge in [-0.1, -0.05) is 0 Å². The van der Waals surface area contributed by atoms with Crippen LogP contribution in [0.15, 0.2) is 48.9 Å². The van der Waals surface area contributed by atoms with Gasteiger partial charge < -0.3 is 10.5 Å². The number of ether oxygens (including phenoxy) is 1. The number of fused-ring (bicyclic) bond motifs is 7. The number of halogens is 3. The first-order valence-electron chi connectivity index (χ1n) is 9.51. The molecule has 1 aromatic carbocycles. The molecular formula is C21H17F3N6O. The van der Waals surface area contributed by atoms with Crippen LogP contribution in [0.5, 0.6) is 5.75 Å². The Hall–Kier alpha value is -3.82. The van der Waals surface area contributed by atoms with E-state index in [2.05, 4.69) is 15.2 Å². The van der Waals surface area contributed by atoms with E-state index in [1.807, 2.05) is 0 Å². The molecule has 1 aliphatic heterocycles. The predicted octanol–water partition coefficient (Wildman–Crippen LogP) is 4.43. The Bertz CT molecular complexity index is 1280. The average molecular weight is 426 g/mol. The lowest BCUT2D eigenvalue weighted by atomic mass is 9.99. The summed E-state index contributed by atoms with van der Waals surface area (Å²) in [6.07, 6.45) is 3.77. The molecule has 0 unspecified atom stereocenters. The van der Waals surface area contributed by atoms with Crippen molar-refractivity contribution in [2.45, 2.75) is 26.1 Å². The largest absolute Gasteiger partial charge is 0.482 e. The van der Waals surface area contributed by atoms with E-state index in [-0.39, 0.29) is 23.8 Å². The lowest BCUT2D eigenvalue weighted by Gasteiger charge is -2.21. The summed E-state index contributed by atoms with van der Waals surface area (Å²) in [6, 6.07) is 7.72. The molecule has 0 saturated carbocycles. The van der Waals surface area contributed by atoms with E-state index in [0.717, 1.165) is 0 Å². The van der Waals surface area contributed by atoms with Gasteiger partial charge in [0.1, 0.15) is 11.9 Å². The smallest absolute Gasteiger partial charge is 0.333 e. The summed E-state index contributed by atoms with van der Waals surface area (Å²) in [5.41, 5.74) is 9.06. The third-order valence-corrected chi connectivity index (χ3v) is 5.28. The minimum absolute atomic E-state index is 0.0975. The summed E-state index contributed by atoms with van der Waals surface area (Å²) in [5, 5.41) is 8.22. The summed E-state index contributed by atoms with van der Waals surface area (Å²) >= 11 is 0. The molecule has 0 fully saturated rings. The van der Waals surface area contributed by atoms with Gasteiger partial charge in [-0.05, 0) is 37.3 Å². The summed E-state index contributed by atoms with van der Waals surface area (Å²) in [5.74, 6) is -0.102. The highest BCUT2D eigenvalue weighted by Gasteiger charge is 2.24. The molecule has 2 N–H and O–H groups in total. The molecule has 4 heterocycles. The highest BCUT2D eigenvalue weighted by atomic mass is 19.3. The van der Waals surface area contributed by atoms with Gasteiger partial charge in [0, 0.05) is 34.6 Å². The van der Waals surface area contributed by atoms with Crippen LogP contribution < -0.4 is 10.5 Å². The molecule has 7 nitrogen and oxygen atoms in total. The molecule has 5 rings (SSSR count). The van der Waals surface area contributed by atoms with Gasteiger partial charge in [0.05, 0.1) is 24.1 Å². The van der Waals surface area contributed by atoms with E-state index < -0.39 is 18.5 Å². The van der Waals surface area contributed by atoms with Crippen LogP contribution in [0.1, 0.15) is 30.7 Å². The van der Waals surface area contributed by atoms with Crippen LogP contribution >= 0.6 is 0 Å². The number of nitrogens with two attached hydrogens (primary N) is 1. The number of alkyl halides is 2. The quantitative estimate of drug-likeness (QED) is 0.487. The normalized spacial score (nSPS) is 15.3. The number of anilines is 1. The average Bonchev–Trinajstić information content (AvgIpc) is 3.36. The molecule has 0 saturated heterocycles. The van der Waals surface area contributed by atoms with E-state index in [9.17, 15) is 13.2 Å². The second kappa shape index (κ2) is 7.15. The molecule has 0 aliphatic carbocycles. The third-order valence-electron chi connectivity index (χ3n) is 5.28. The van der Waals surface area contributed by atoms with Crippen molar-refractivity contribution in [1.82, 2.24) is 24.5 Å². The van der Waals surface area contributed by atoms with Gasteiger partial charge in [0.15, 0.2) is 11.6 Å². The summed E-state index contributed by atoms with van der Waals surface area (Å²) in [7, 11) is 0. The fourth-order valence-corrected chi connectivity index (χ4v) is 3.86. The Morgan fingerprint density at radius 2 is 2.00 bits per heavy atom. The number of rotatable bonds is 1. The van der Waals surface area contributed by atoms with E-state index >= 15 is 0 Å². The van der Waals surface area contributed by atoms with E-state index in [1.165, 1.54) is 24.5 Å². The van der Waals surface area contributed by atoms with E-state index in [4.69, 9.17) is 10.5 Å². The molecule has 10 heteroatoms. The molecule has 1 aliphatic rings. The van der Waals surface area contributed by atoms with Crippen LogP contribution in [-0.4, -0.2) is 24.5 Å². The second-order valence-corrected chi connectivity index (χ2v) is 7.21. The minimum atomic E-state index is -2.85. The maximum Gasteiger partial charge on any atom is 0.333 e. The van der Waals surface area contributed by atoms with Gasteiger partial charge in [-0.15, -0.1) is 0 Å². The van der Waals surface area contributed by atoms with Crippen LogP contribution in [0.3, 0.4) is 0 Å². The Morgan fingerprint density at radius 3 is 2.81 bits per heavy atom. The maximum atomic E-state index is 14.1. The topological polar surface area (TPSA) is 83.8 Å². The van der Waals surface area contributed by atoms with Gasteiger partial charge in [0.25, 0.3) is 0 Å².